The van der Waals surface area contributed by atoms with Crippen LogP contribution in [0.5, 0.6) is 0 Å². The number of thioether (sulfide) groups is 1. The van der Waals surface area contributed by atoms with Gasteiger partial charge in [0.25, 0.3) is 0 Å². The van der Waals surface area contributed by atoms with Crippen molar-refractivity contribution in [3.63, 3.8) is 0 Å². The minimum absolute atomic E-state index is 0.0660. The molecule has 0 amide bonds. The van der Waals surface area contributed by atoms with Gasteiger partial charge in [-0.3, -0.25) is 0 Å². The van der Waals surface area contributed by atoms with Crippen LogP contribution >= 0.6 is 11.8 Å². The molecule has 0 saturated carbocycles. The Labute approximate surface area is 130 Å². The van der Waals surface area contributed by atoms with Gasteiger partial charge in [-0.05, 0) is 37.6 Å². The zero-order valence-corrected chi connectivity index (χ0v) is 14.7. The van der Waals surface area contributed by atoms with Gasteiger partial charge in [0.15, 0.2) is 0 Å². The molecule has 1 saturated heterocycles. The topological polar surface area (TPSA) is 23.5 Å². The van der Waals surface area contributed by atoms with E-state index in [-0.39, 0.29) is 6.10 Å². The lowest BCUT2D eigenvalue weighted by atomic mass is 9.89. The summed E-state index contributed by atoms with van der Waals surface area (Å²) in [6, 6.07) is 0. The highest BCUT2D eigenvalue weighted by Crippen LogP contribution is 2.22. The molecule has 0 aliphatic carbocycles. The molecule has 120 valence electrons. The van der Waals surface area contributed by atoms with Gasteiger partial charge in [-0.25, -0.2) is 0 Å². The molecule has 0 spiro atoms. The van der Waals surface area contributed by atoms with Gasteiger partial charge in [-0.1, -0.05) is 40.0 Å². The van der Waals surface area contributed by atoms with Crippen LogP contribution in [-0.4, -0.2) is 47.3 Å². The molecule has 0 unspecified atom stereocenters. The third-order valence-corrected chi connectivity index (χ3v) is 5.02. The number of aliphatic hydroxyl groups is 1. The van der Waals surface area contributed by atoms with Crippen molar-refractivity contribution in [2.75, 3.05) is 31.1 Å². The quantitative estimate of drug-likeness (QED) is 0.646. The zero-order valence-electron chi connectivity index (χ0n) is 13.9. The van der Waals surface area contributed by atoms with Gasteiger partial charge < -0.3 is 10.0 Å². The number of hydrogen-bond acceptors (Lipinski definition) is 3. The highest BCUT2D eigenvalue weighted by atomic mass is 32.2. The van der Waals surface area contributed by atoms with Crippen LogP contribution in [0.15, 0.2) is 0 Å². The van der Waals surface area contributed by atoms with Crippen LogP contribution in [0.4, 0.5) is 0 Å². The number of aliphatic hydroxyl groups excluding tert-OH is 1. The minimum atomic E-state index is -0.0660. The first-order valence-corrected chi connectivity index (χ1v) is 9.61. The summed E-state index contributed by atoms with van der Waals surface area (Å²) in [5.41, 5.74) is 0.409. The summed E-state index contributed by atoms with van der Waals surface area (Å²) in [6.07, 6.45) is 8.08. The Hall–Kier alpha value is 0.270. The Kier molecular flexibility index (Phi) is 9.23. The Morgan fingerprint density at radius 2 is 1.65 bits per heavy atom. The van der Waals surface area contributed by atoms with E-state index in [0.717, 1.165) is 19.3 Å². The van der Waals surface area contributed by atoms with Crippen molar-refractivity contribution in [3.05, 3.63) is 0 Å². The fraction of sp³-hybridized carbons (Fsp3) is 1.00. The summed E-state index contributed by atoms with van der Waals surface area (Å²) in [5.74, 6) is 2.62. The monoisotopic (exact) mass is 301 g/mol. The van der Waals surface area contributed by atoms with E-state index < -0.39 is 0 Å². The largest absolute Gasteiger partial charge is 0.393 e. The van der Waals surface area contributed by atoms with Gasteiger partial charge in [-0.2, -0.15) is 11.8 Å². The van der Waals surface area contributed by atoms with Crippen molar-refractivity contribution < 1.29 is 5.11 Å². The van der Waals surface area contributed by atoms with Crippen LogP contribution in [0.1, 0.15) is 65.7 Å². The standard InChI is InChI=1S/C17H35NOS/c1-17(2,3)10-7-9-16(19)8-5-4-6-11-18-12-14-20-15-13-18/h16,19H,4-15H2,1-3H3/t16-/m0/s1. The Morgan fingerprint density at radius 3 is 2.30 bits per heavy atom. The second-order valence-electron chi connectivity index (χ2n) is 7.41. The predicted molar refractivity (Wildman–Crippen MR) is 91.5 cm³/mol. The van der Waals surface area contributed by atoms with Gasteiger partial charge in [0.2, 0.25) is 0 Å². The summed E-state index contributed by atoms with van der Waals surface area (Å²) in [5, 5.41) is 9.98. The molecule has 2 nitrogen and oxygen atoms in total. The van der Waals surface area contributed by atoms with E-state index in [2.05, 4.69) is 37.4 Å². The van der Waals surface area contributed by atoms with Gasteiger partial charge in [0.05, 0.1) is 6.10 Å². The van der Waals surface area contributed by atoms with Crippen molar-refractivity contribution in [1.29, 1.82) is 0 Å². The molecule has 1 atom stereocenters. The Bertz CT molecular complexity index is 234. The van der Waals surface area contributed by atoms with Crippen LogP contribution in [0.2, 0.25) is 0 Å². The normalized spacial score (nSPS) is 19.2. The van der Waals surface area contributed by atoms with Crippen molar-refractivity contribution in [2.24, 2.45) is 5.41 Å². The highest BCUT2D eigenvalue weighted by molar-refractivity contribution is 7.99. The molecule has 1 fully saturated rings. The van der Waals surface area contributed by atoms with Crippen LogP contribution in [0, 0.1) is 5.41 Å². The molecule has 1 heterocycles. The van der Waals surface area contributed by atoms with Crippen LogP contribution in [-0.2, 0) is 0 Å². The third kappa shape index (κ3) is 10.1. The average molecular weight is 302 g/mol. The maximum absolute atomic E-state index is 9.98. The van der Waals surface area contributed by atoms with E-state index in [1.54, 1.807) is 0 Å². The van der Waals surface area contributed by atoms with Crippen molar-refractivity contribution in [3.8, 4) is 0 Å². The summed E-state index contributed by atoms with van der Waals surface area (Å²) in [7, 11) is 0. The van der Waals surface area contributed by atoms with E-state index in [9.17, 15) is 5.11 Å². The summed E-state index contributed by atoms with van der Waals surface area (Å²) < 4.78 is 0. The van der Waals surface area contributed by atoms with Gasteiger partial charge in [0.1, 0.15) is 0 Å². The van der Waals surface area contributed by atoms with E-state index in [1.165, 1.54) is 56.8 Å². The summed E-state index contributed by atoms with van der Waals surface area (Å²) in [6.45, 7) is 10.6. The Morgan fingerprint density at radius 1 is 1.00 bits per heavy atom. The first-order chi connectivity index (χ1) is 9.47. The first kappa shape index (κ1) is 18.3. The molecule has 20 heavy (non-hydrogen) atoms. The fourth-order valence-corrected chi connectivity index (χ4v) is 3.71. The number of unbranched alkanes of at least 4 members (excludes halogenated alkanes) is 2. The van der Waals surface area contributed by atoms with E-state index >= 15 is 0 Å². The summed E-state index contributed by atoms with van der Waals surface area (Å²) in [4.78, 5) is 2.59. The Balaban J connectivity index is 1.89. The second-order valence-corrected chi connectivity index (χ2v) is 8.63. The average Bonchev–Trinajstić information content (AvgIpc) is 2.38. The highest BCUT2D eigenvalue weighted by Gasteiger charge is 2.12. The van der Waals surface area contributed by atoms with Gasteiger partial charge in [0, 0.05) is 24.6 Å². The molecular formula is C17H35NOS. The molecule has 1 N–H and O–H groups in total. The van der Waals surface area contributed by atoms with Crippen molar-refractivity contribution >= 4 is 11.8 Å². The van der Waals surface area contributed by atoms with Crippen LogP contribution in [0.3, 0.4) is 0 Å². The molecule has 0 radical (unpaired) electrons. The molecule has 0 aromatic carbocycles. The maximum Gasteiger partial charge on any atom is 0.0540 e. The smallest absolute Gasteiger partial charge is 0.0540 e. The van der Waals surface area contributed by atoms with Gasteiger partial charge >= 0.3 is 0 Å². The van der Waals surface area contributed by atoms with Crippen molar-refractivity contribution in [1.82, 2.24) is 4.90 Å². The predicted octanol–water partition coefficient (Wildman–Crippen LogP) is 4.17. The lowest BCUT2D eigenvalue weighted by molar-refractivity contribution is 0.142. The number of rotatable bonds is 9. The first-order valence-electron chi connectivity index (χ1n) is 8.45. The number of hydrogen-bond donors (Lipinski definition) is 1. The summed E-state index contributed by atoms with van der Waals surface area (Å²) >= 11 is 2.08. The van der Waals surface area contributed by atoms with E-state index in [0.29, 0.717) is 5.41 Å². The van der Waals surface area contributed by atoms with Crippen LogP contribution in [0.25, 0.3) is 0 Å². The fourth-order valence-electron chi connectivity index (χ4n) is 2.73. The molecule has 0 aromatic rings. The SMILES string of the molecule is CC(C)(C)CCC[C@@H](O)CCCCCN1CCSCC1. The lowest BCUT2D eigenvalue weighted by Gasteiger charge is -2.26. The van der Waals surface area contributed by atoms with E-state index in [1.807, 2.05) is 0 Å². The number of nitrogens with zero attached hydrogens (tertiary/aromatic N) is 1. The molecule has 0 aromatic heterocycles. The molecular weight excluding hydrogens is 266 g/mol. The zero-order chi connectivity index (χ0) is 14.8. The molecule has 1 aliphatic heterocycles. The maximum atomic E-state index is 9.98. The van der Waals surface area contributed by atoms with Gasteiger partial charge in [-0.15, -0.1) is 0 Å². The van der Waals surface area contributed by atoms with E-state index in [4.69, 9.17) is 0 Å². The minimum Gasteiger partial charge on any atom is -0.393 e. The molecule has 3 heteroatoms. The van der Waals surface area contributed by atoms with Crippen molar-refractivity contribution in [2.45, 2.75) is 71.8 Å². The molecule has 0 bridgehead atoms. The third-order valence-electron chi connectivity index (χ3n) is 4.08. The lowest BCUT2D eigenvalue weighted by Crippen LogP contribution is -2.33. The van der Waals surface area contributed by atoms with Crippen LogP contribution < -0.4 is 0 Å². The molecule has 1 aliphatic rings. The molecule has 1 rings (SSSR count). The second kappa shape index (κ2) is 10.1.